The normalized spacial score (nSPS) is 21.2. The van der Waals surface area contributed by atoms with Crippen molar-refractivity contribution in [2.75, 3.05) is 13.7 Å². The van der Waals surface area contributed by atoms with Crippen molar-refractivity contribution in [1.82, 2.24) is 5.32 Å². The third-order valence-corrected chi connectivity index (χ3v) is 3.21. The van der Waals surface area contributed by atoms with Crippen LogP contribution in [0.1, 0.15) is 40.0 Å². The highest BCUT2D eigenvalue weighted by Crippen LogP contribution is 2.34. The van der Waals surface area contributed by atoms with E-state index in [1.165, 1.54) is 19.3 Å². The van der Waals surface area contributed by atoms with E-state index in [0.29, 0.717) is 12.0 Å². The summed E-state index contributed by atoms with van der Waals surface area (Å²) in [4.78, 5) is 0. The molecule has 0 spiro atoms. The molecule has 2 heteroatoms. The topological polar surface area (TPSA) is 21.3 Å². The number of hydrogen-bond acceptors (Lipinski definition) is 2. The lowest BCUT2D eigenvalue weighted by atomic mass is 10.0. The summed E-state index contributed by atoms with van der Waals surface area (Å²) in [6, 6.07) is 1.24. The maximum atomic E-state index is 5.25. The predicted octanol–water partition coefficient (Wildman–Crippen LogP) is 2.44. The summed E-state index contributed by atoms with van der Waals surface area (Å²) in [5.41, 5.74) is 0. The first kappa shape index (κ1) is 12.0. The van der Waals surface area contributed by atoms with Crippen LogP contribution in [0.25, 0.3) is 0 Å². The zero-order valence-corrected chi connectivity index (χ0v) is 10.0. The number of hydrogen-bond donors (Lipinski definition) is 1. The lowest BCUT2D eigenvalue weighted by Crippen LogP contribution is -2.44. The van der Waals surface area contributed by atoms with Crippen molar-refractivity contribution >= 4 is 0 Å². The smallest absolute Gasteiger partial charge is 0.0618 e. The van der Waals surface area contributed by atoms with Crippen molar-refractivity contribution in [1.29, 1.82) is 0 Å². The minimum absolute atomic E-state index is 0.519. The van der Waals surface area contributed by atoms with E-state index in [0.717, 1.165) is 18.6 Å². The molecule has 1 aliphatic carbocycles. The summed E-state index contributed by atoms with van der Waals surface area (Å²) in [6.45, 7) is 7.63. The molecule has 0 aliphatic heterocycles. The van der Waals surface area contributed by atoms with E-state index < -0.39 is 0 Å². The largest absolute Gasteiger partial charge is 0.383 e. The fourth-order valence-electron chi connectivity index (χ4n) is 1.97. The number of nitrogens with one attached hydrogen (secondary N) is 1. The van der Waals surface area contributed by atoms with Gasteiger partial charge >= 0.3 is 0 Å². The summed E-state index contributed by atoms with van der Waals surface area (Å²) in [7, 11) is 1.79. The standard InChI is InChI=1S/C12H25NO/c1-5-11(10-6-7-10)13-12(8-14-4)9(2)3/h9-13H,5-8H2,1-4H3. The molecule has 84 valence electrons. The van der Waals surface area contributed by atoms with Gasteiger partial charge in [0.15, 0.2) is 0 Å². The van der Waals surface area contributed by atoms with Crippen LogP contribution < -0.4 is 5.32 Å². The second-order valence-corrected chi connectivity index (χ2v) is 4.82. The zero-order chi connectivity index (χ0) is 10.6. The summed E-state index contributed by atoms with van der Waals surface area (Å²) in [6.07, 6.45) is 4.09. The second-order valence-electron chi connectivity index (χ2n) is 4.82. The van der Waals surface area contributed by atoms with Crippen molar-refractivity contribution < 1.29 is 4.74 Å². The third kappa shape index (κ3) is 3.58. The molecule has 0 bridgehead atoms. The number of rotatable bonds is 7. The van der Waals surface area contributed by atoms with Gasteiger partial charge in [0.25, 0.3) is 0 Å². The van der Waals surface area contributed by atoms with Gasteiger partial charge < -0.3 is 10.1 Å². The second kappa shape index (κ2) is 5.72. The molecule has 1 aliphatic rings. The number of ether oxygens (including phenoxy) is 1. The van der Waals surface area contributed by atoms with Gasteiger partial charge in [-0.2, -0.15) is 0 Å². The highest BCUT2D eigenvalue weighted by molar-refractivity contribution is 4.88. The lowest BCUT2D eigenvalue weighted by molar-refractivity contribution is 0.137. The van der Waals surface area contributed by atoms with E-state index in [-0.39, 0.29) is 0 Å². The van der Waals surface area contributed by atoms with Gasteiger partial charge in [0.1, 0.15) is 0 Å². The average Bonchev–Trinajstić information content (AvgIpc) is 2.95. The average molecular weight is 199 g/mol. The van der Waals surface area contributed by atoms with Crippen LogP contribution in [0.2, 0.25) is 0 Å². The summed E-state index contributed by atoms with van der Waals surface area (Å²) < 4.78 is 5.25. The molecule has 0 aromatic heterocycles. The molecule has 14 heavy (non-hydrogen) atoms. The van der Waals surface area contributed by atoms with Crippen LogP contribution in [-0.4, -0.2) is 25.8 Å². The Bertz CT molecular complexity index is 154. The highest BCUT2D eigenvalue weighted by atomic mass is 16.5. The van der Waals surface area contributed by atoms with Crippen LogP contribution in [-0.2, 0) is 4.74 Å². The van der Waals surface area contributed by atoms with Crippen LogP contribution in [0.3, 0.4) is 0 Å². The summed E-state index contributed by atoms with van der Waals surface area (Å²) in [5.74, 6) is 1.60. The molecule has 1 rings (SSSR count). The van der Waals surface area contributed by atoms with E-state index in [9.17, 15) is 0 Å². The maximum absolute atomic E-state index is 5.25. The molecule has 2 nitrogen and oxygen atoms in total. The van der Waals surface area contributed by atoms with Gasteiger partial charge in [0.05, 0.1) is 6.61 Å². The Balaban J connectivity index is 2.35. The number of methoxy groups -OCH3 is 1. The van der Waals surface area contributed by atoms with E-state index in [1.807, 2.05) is 0 Å². The minimum atomic E-state index is 0.519. The summed E-state index contributed by atoms with van der Waals surface area (Å²) >= 11 is 0. The van der Waals surface area contributed by atoms with Crippen LogP contribution in [0, 0.1) is 11.8 Å². The molecule has 1 saturated carbocycles. The van der Waals surface area contributed by atoms with Gasteiger partial charge in [-0.1, -0.05) is 20.8 Å². The van der Waals surface area contributed by atoms with Gasteiger partial charge in [-0.15, -0.1) is 0 Å². The molecule has 2 unspecified atom stereocenters. The predicted molar refractivity (Wildman–Crippen MR) is 60.4 cm³/mol. The molecule has 0 aromatic rings. The third-order valence-electron chi connectivity index (χ3n) is 3.21. The van der Waals surface area contributed by atoms with Crippen LogP contribution in [0.15, 0.2) is 0 Å². The highest BCUT2D eigenvalue weighted by Gasteiger charge is 2.31. The fourth-order valence-corrected chi connectivity index (χ4v) is 1.97. The quantitative estimate of drug-likeness (QED) is 0.680. The van der Waals surface area contributed by atoms with Crippen molar-refractivity contribution in [3.8, 4) is 0 Å². The van der Waals surface area contributed by atoms with E-state index in [4.69, 9.17) is 4.74 Å². The molecular weight excluding hydrogens is 174 g/mol. The lowest BCUT2D eigenvalue weighted by Gasteiger charge is -2.27. The minimum Gasteiger partial charge on any atom is -0.383 e. The van der Waals surface area contributed by atoms with Crippen molar-refractivity contribution in [2.45, 2.75) is 52.1 Å². The van der Waals surface area contributed by atoms with Crippen LogP contribution in [0.4, 0.5) is 0 Å². The molecule has 1 fully saturated rings. The Kier molecular flexibility index (Phi) is 4.90. The zero-order valence-electron chi connectivity index (χ0n) is 10.0. The maximum Gasteiger partial charge on any atom is 0.0618 e. The Morgan fingerprint density at radius 1 is 1.36 bits per heavy atom. The van der Waals surface area contributed by atoms with Crippen molar-refractivity contribution in [2.24, 2.45) is 11.8 Å². The van der Waals surface area contributed by atoms with Gasteiger partial charge in [-0.3, -0.25) is 0 Å². The van der Waals surface area contributed by atoms with Gasteiger partial charge in [0.2, 0.25) is 0 Å². The van der Waals surface area contributed by atoms with E-state index in [1.54, 1.807) is 7.11 Å². The molecule has 0 saturated heterocycles. The SMILES string of the molecule is CCC(NC(COC)C(C)C)C1CC1. The fraction of sp³-hybridized carbons (Fsp3) is 1.00. The Hall–Kier alpha value is -0.0800. The van der Waals surface area contributed by atoms with Crippen LogP contribution >= 0.6 is 0 Å². The van der Waals surface area contributed by atoms with Crippen molar-refractivity contribution in [3.05, 3.63) is 0 Å². The van der Waals surface area contributed by atoms with E-state index in [2.05, 4.69) is 26.1 Å². The molecule has 0 heterocycles. The first-order valence-electron chi connectivity index (χ1n) is 5.94. The Labute approximate surface area is 88.4 Å². The first-order valence-corrected chi connectivity index (χ1v) is 5.94. The van der Waals surface area contributed by atoms with E-state index >= 15 is 0 Å². The molecule has 1 N–H and O–H groups in total. The molecule has 2 atom stereocenters. The molecule has 0 amide bonds. The summed E-state index contributed by atoms with van der Waals surface area (Å²) in [5, 5.41) is 3.74. The van der Waals surface area contributed by atoms with Crippen molar-refractivity contribution in [3.63, 3.8) is 0 Å². The molecule has 0 aromatic carbocycles. The van der Waals surface area contributed by atoms with Crippen LogP contribution in [0.5, 0.6) is 0 Å². The van der Waals surface area contributed by atoms with Gasteiger partial charge in [0, 0.05) is 19.2 Å². The molecule has 0 radical (unpaired) electrons. The Morgan fingerprint density at radius 3 is 2.36 bits per heavy atom. The molecular formula is C12H25NO. The van der Waals surface area contributed by atoms with Gasteiger partial charge in [-0.05, 0) is 31.1 Å². The first-order chi connectivity index (χ1) is 6.69. The monoisotopic (exact) mass is 199 g/mol. The Morgan fingerprint density at radius 2 is 2.00 bits per heavy atom. The van der Waals surface area contributed by atoms with Gasteiger partial charge in [-0.25, -0.2) is 0 Å².